The Kier molecular flexibility index (Phi) is 5.87. The summed E-state index contributed by atoms with van der Waals surface area (Å²) in [6.07, 6.45) is 0.723. The summed E-state index contributed by atoms with van der Waals surface area (Å²) in [5.41, 5.74) is 3.94. The molecule has 0 unspecified atom stereocenters. The van der Waals surface area contributed by atoms with Gasteiger partial charge in [-0.2, -0.15) is 5.10 Å². The van der Waals surface area contributed by atoms with Gasteiger partial charge in [0.05, 0.1) is 47.9 Å². The van der Waals surface area contributed by atoms with Crippen molar-refractivity contribution >= 4 is 16.6 Å². The fraction of sp³-hybridized carbons (Fsp3) is 0.357. The fourth-order valence-electron chi connectivity index (χ4n) is 5.57. The average molecular weight is 518 g/mol. The first kappa shape index (κ1) is 23.4. The predicted molar refractivity (Wildman–Crippen MR) is 140 cm³/mol. The van der Waals surface area contributed by atoms with Crippen LogP contribution in [0.15, 0.2) is 48.7 Å². The van der Waals surface area contributed by atoms with E-state index in [1.54, 1.807) is 18.3 Å². The summed E-state index contributed by atoms with van der Waals surface area (Å²) in [6.45, 7) is 5.11. The van der Waals surface area contributed by atoms with Crippen LogP contribution >= 0.6 is 0 Å². The highest BCUT2D eigenvalue weighted by Crippen LogP contribution is 2.39. The van der Waals surface area contributed by atoms with Crippen molar-refractivity contribution in [3.63, 3.8) is 0 Å². The van der Waals surface area contributed by atoms with E-state index in [4.69, 9.17) is 14.2 Å². The van der Waals surface area contributed by atoms with Gasteiger partial charge in [-0.25, -0.2) is 4.39 Å². The number of anilines is 1. The van der Waals surface area contributed by atoms with E-state index in [-0.39, 0.29) is 18.8 Å². The SMILES string of the molecule is O[C@H]1COc2cc(ccc2N2CCN3CCOC[C@H]3C2)-c2n[nH]c3cnc(cc23)-c2c(F)cccc2OC1. The number of aromatic nitrogens is 3. The Hall–Kier alpha value is -3.73. The predicted octanol–water partition coefficient (Wildman–Crippen LogP) is 3.08. The van der Waals surface area contributed by atoms with E-state index < -0.39 is 11.9 Å². The zero-order chi connectivity index (χ0) is 25.6. The second kappa shape index (κ2) is 9.54. The molecule has 2 aromatic heterocycles. The smallest absolute Gasteiger partial charge is 0.143 e. The van der Waals surface area contributed by atoms with E-state index >= 15 is 0 Å². The highest BCUT2D eigenvalue weighted by Gasteiger charge is 2.31. The number of piperazine rings is 1. The number of fused-ring (bicyclic) bond motifs is 7. The Balaban J connectivity index is 1.32. The van der Waals surface area contributed by atoms with E-state index in [0.717, 1.165) is 61.5 Å². The van der Waals surface area contributed by atoms with Crippen LogP contribution in [0.2, 0.25) is 0 Å². The number of hydrogen-bond donors (Lipinski definition) is 2. The second-order valence-corrected chi connectivity index (χ2v) is 9.97. The molecule has 2 atom stereocenters. The van der Waals surface area contributed by atoms with E-state index in [1.165, 1.54) is 6.07 Å². The lowest BCUT2D eigenvalue weighted by molar-refractivity contribution is -0.0117. The van der Waals surface area contributed by atoms with Gasteiger partial charge in [0.15, 0.2) is 0 Å². The maximum absolute atomic E-state index is 15.0. The van der Waals surface area contributed by atoms with Gasteiger partial charge in [-0.1, -0.05) is 12.1 Å². The summed E-state index contributed by atoms with van der Waals surface area (Å²) < 4.78 is 32.8. The van der Waals surface area contributed by atoms with Crippen LogP contribution in [0.4, 0.5) is 10.1 Å². The number of halogens is 1. The molecule has 2 aromatic carbocycles. The third-order valence-corrected chi connectivity index (χ3v) is 7.55. The summed E-state index contributed by atoms with van der Waals surface area (Å²) in [6, 6.07) is 12.8. The van der Waals surface area contributed by atoms with Crippen LogP contribution in [-0.4, -0.2) is 89.9 Å². The zero-order valence-electron chi connectivity index (χ0n) is 20.8. The third kappa shape index (κ3) is 4.14. The Morgan fingerprint density at radius 2 is 1.89 bits per heavy atom. The topological polar surface area (TPSA) is 96.0 Å². The zero-order valence-corrected chi connectivity index (χ0v) is 20.8. The Morgan fingerprint density at radius 3 is 2.82 bits per heavy atom. The van der Waals surface area contributed by atoms with Gasteiger partial charge in [0.2, 0.25) is 0 Å². The van der Waals surface area contributed by atoms with Crippen LogP contribution in [-0.2, 0) is 4.74 Å². The lowest BCUT2D eigenvalue weighted by Gasteiger charge is -2.44. The number of H-pyrrole nitrogens is 1. The lowest BCUT2D eigenvalue weighted by atomic mass is 10.0. The average Bonchev–Trinajstić information content (AvgIpc) is 3.37. The summed E-state index contributed by atoms with van der Waals surface area (Å²) >= 11 is 0. The molecule has 196 valence electrons. The molecule has 0 aliphatic carbocycles. The number of rotatable bonds is 1. The molecule has 2 saturated heterocycles. The number of ether oxygens (including phenoxy) is 3. The van der Waals surface area contributed by atoms with Gasteiger partial charge in [-0.05, 0) is 30.3 Å². The summed E-state index contributed by atoms with van der Waals surface area (Å²) in [4.78, 5) is 9.28. The van der Waals surface area contributed by atoms with Crippen molar-refractivity contribution in [2.75, 3.05) is 57.5 Å². The van der Waals surface area contributed by atoms with Crippen molar-refractivity contribution in [1.82, 2.24) is 20.1 Å². The van der Waals surface area contributed by atoms with E-state index in [1.807, 2.05) is 18.2 Å². The molecule has 4 bridgehead atoms. The largest absolute Gasteiger partial charge is 0.490 e. The fourth-order valence-corrected chi connectivity index (χ4v) is 5.57. The molecule has 4 aromatic rings. The van der Waals surface area contributed by atoms with Gasteiger partial charge in [0.25, 0.3) is 0 Å². The van der Waals surface area contributed by atoms with Crippen molar-refractivity contribution < 1.29 is 23.7 Å². The van der Waals surface area contributed by atoms with Crippen molar-refractivity contribution in [3.05, 3.63) is 54.5 Å². The van der Waals surface area contributed by atoms with Gasteiger partial charge in [-0.3, -0.25) is 15.0 Å². The second-order valence-electron chi connectivity index (χ2n) is 9.97. The van der Waals surface area contributed by atoms with Crippen LogP contribution in [0.1, 0.15) is 0 Å². The molecule has 0 radical (unpaired) electrons. The number of morpholine rings is 1. The van der Waals surface area contributed by atoms with E-state index in [9.17, 15) is 9.50 Å². The van der Waals surface area contributed by atoms with Crippen molar-refractivity contribution in [2.24, 2.45) is 0 Å². The van der Waals surface area contributed by atoms with Gasteiger partial charge in [-0.15, -0.1) is 0 Å². The molecule has 0 saturated carbocycles. The van der Waals surface area contributed by atoms with Crippen LogP contribution in [0, 0.1) is 5.82 Å². The first-order valence-electron chi connectivity index (χ1n) is 12.9. The number of pyridine rings is 1. The molecule has 0 spiro atoms. The van der Waals surface area contributed by atoms with Crippen LogP contribution in [0.5, 0.6) is 11.5 Å². The van der Waals surface area contributed by atoms with Gasteiger partial charge in [0.1, 0.15) is 42.3 Å². The highest BCUT2D eigenvalue weighted by atomic mass is 19.1. The van der Waals surface area contributed by atoms with Crippen molar-refractivity contribution in [1.29, 1.82) is 0 Å². The standard InChI is InChI=1S/C28H28FN5O4/c29-21-2-1-3-25-27(21)22-11-20-23(12-30-22)31-32-28(20)17-4-5-24(26(10-17)38-16-19(35)15-37-25)34-7-6-33-8-9-36-14-18(33)13-34/h1-5,10-12,18-19,35H,6-9,13-16H2,(H,31,32)/t18-,19-/m1/s1. The molecule has 3 aliphatic rings. The van der Waals surface area contributed by atoms with Gasteiger partial charge >= 0.3 is 0 Å². The number of aliphatic hydroxyl groups excluding tert-OH is 1. The quantitative estimate of drug-likeness (QED) is 0.398. The minimum absolute atomic E-state index is 0.0210. The molecular formula is C28H28FN5O4. The molecule has 5 heterocycles. The molecule has 10 heteroatoms. The molecule has 0 amide bonds. The first-order valence-corrected chi connectivity index (χ1v) is 12.9. The van der Waals surface area contributed by atoms with Crippen LogP contribution in [0.25, 0.3) is 33.4 Å². The van der Waals surface area contributed by atoms with Gasteiger partial charge < -0.3 is 24.2 Å². The summed E-state index contributed by atoms with van der Waals surface area (Å²) in [5, 5.41) is 19.1. The van der Waals surface area contributed by atoms with Gasteiger partial charge in [0, 0.05) is 37.1 Å². The monoisotopic (exact) mass is 517 g/mol. The number of nitrogens with one attached hydrogen (secondary N) is 1. The maximum atomic E-state index is 15.0. The number of hydrogen-bond acceptors (Lipinski definition) is 8. The molecule has 38 heavy (non-hydrogen) atoms. The van der Waals surface area contributed by atoms with Crippen LogP contribution in [0.3, 0.4) is 0 Å². The number of benzene rings is 2. The summed E-state index contributed by atoms with van der Waals surface area (Å²) in [5.74, 6) is 0.526. The first-order chi connectivity index (χ1) is 18.6. The molecule has 7 rings (SSSR count). The Labute approximate surface area is 218 Å². The maximum Gasteiger partial charge on any atom is 0.143 e. The number of aliphatic hydroxyl groups is 1. The minimum Gasteiger partial charge on any atom is -0.490 e. The number of aromatic amines is 1. The normalized spacial score (nSPS) is 21.8. The Bertz CT molecular complexity index is 1490. The third-order valence-electron chi connectivity index (χ3n) is 7.55. The molecular weight excluding hydrogens is 489 g/mol. The molecule has 2 fully saturated rings. The number of nitrogens with zero attached hydrogens (tertiary/aromatic N) is 4. The van der Waals surface area contributed by atoms with Crippen LogP contribution < -0.4 is 14.4 Å². The molecule has 2 N–H and O–H groups in total. The molecule has 9 nitrogen and oxygen atoms in total. The summed E-state index contributed by atoms with van der Waals surface area (Å²) in [7, 11) is 0. The molecule has 3 aliphatic heterocycles. The Morgan fingerprint density at radius 1 is 1.00 bits per heavy atom. The minimum atomic E-state index is -0.925. The highest BCUT2D eigenvalue weighted by molar-refractivity contribution is 5.95. The van der Waals surface area contributed by atoms with E-state index in [0.29, 0.717) is 28.9 Å². The van der Waals surface area contributed by atoms with Crippen molar-refractivity contribution in [2.45, 2.75) is 12.1 Å². The lowest BCUT2D eigenvalue weighted by Crippen LogP contribution is -2.58. The van der Waals surface area contributed by atoms with Crippen molar-refractivity contribution in [3.8, 4) is 34.0 Å². The van der Waals surface area contributed by atoms with E-state index in [2.05, 4.69) is 31.0 Å².